The lowest BCUT2D eigenvalue weighted by atomic mass is 10.0. The maximum absolute atomic E-state index is 16.2. The zero-order chi connectivity index (χ0) is 44.1. The van der Waals surface area contributed by atoms with E-state index in [9.17, 15) is 29.1 Å². The summed E-state index contributed by atoms with van der Waals surface area (Å²) in [5.74, 6) is -0.455. The minimum Gasteiger partial charge on any atom is -0.465 e. The van der Waals surface area contributed by atoms with Crippen molar-refractivity contribution in [2.24, 2.45) is 11.8 Å². The molecule has 0 saturated carbocycles. The smallest absolute Gasteiger partial charge is 0.407 e. The summed E-state index contributed by atoms with van der Waals surface area (Å²) in [6.45, 7) is 8.32. The molecule has 17 heteroatoms. The Bertz CT molecular complexity index is 2800. The first-order chi connectivity index (χ1) is 29.7. The highest BCUT2D eigenvalue weighted by Gasteiger charge is 2.40. The largest absolute Gasteiger partial charge is 0.465 e. The number of nitrogens with zero attached hydrogens (tertiary/aromatic N) is 5. The van der Waals surface area contributed by atoms with Crippen molar-refractivity contribution >= 4 is 56.7 Å². The first-order valence-electron chi connectivity index (χ1n) is 20.8. The van der Waals surface area contributed by atoms with Crippen molar-refractivity contribution in [2.75, 3.05) is 27.2 Å². The van der Waals surface area contributed by atoms with Crippen LogP contribution in [0.3, 0.4) is 0 Å². The number of imidazole rings is 2. The molecule has 0 bridgehead atoms. The third-order valence-electron chi connectivity index (χ3n) is 12.2. The standard InChI is InChI=1S/C45H49FN8O8/c1-22(2)36(51-44(58)61-6)42(56)53-15-7-9-32(53)40-47-20-30(49-40)24-11-13-27-26(17-24)19-29-38(55)28-18-25(12-14-34(28)62-39(29)35(27)46)31-21-48-41(50-31)33-10-8-16-54(33)43(57)37(23(3)4)52(5)45(59)60/h11-14,17-23,32-33,36-37H,7-10,15-16H2,1-6H3,(H,47,49)(H,48,50)(H,51,58)(H,59,60)/t32-,33-,36?,37?/m0/s1. The number of likely N-dealkylation sites (N-methyl/N-ethyl adjacent to an activating group) is 1. The average Bonchev–Trinajstić information content (AvgIpc) is 4.09. The fraction of sp³-hybridized carbons (Fsp3) is 0.400. The zero-order valence-electron chi connectivity index (χ0n) is 35.3. The van der Waals surface area contributed by atoms with Crippen molar-refractivity contribution < 1.29 is 37.8 Å². The molecular formula is C45H49FN8O8. The fourth-order valence-electron chi connectivity index (χ4n) is 9.00. The van der Waals surface area contributed by atoms with E-state index in [4.69, 9.17) is 9.15 Å². The second-order valence-corrected chi connectivity index (χ2v) is 16.8. The summed E-state index contributed by atoms with van der Waals surface area (Å²) in [6.07, 6.45) is 4.25. The lowest BCUT2D eigenvalue weighted by Crippen LogP contribution is -2.51. The molecule has 16 nitrogen and oxygen atoms in total. The summed E-state index contributed by atoms with van der Waals surface area (Å²) in [5.41, 5.74) is 2.19. The lowest BCUT2D eigenvalue weighted by molar-refractivity contribution is -0.138. The molecule has 324 valence electrons. The topological polar surface area (TPSA) is 207 Å². The SMILES string of the molecule is COC(=O)NC(C(=O)N1CCC[C@H]1c1ncc(-c2ccc3c(F)c4oc5ccc(-c6cnc([C@@H]7CCCN7C(=O)C(C(C)C)N(C)C(=O)O)[nH]6)cc5c(=O)c4cc3c2)[nH]1)C(C)C. The van der Waals surface area contributed by atoms with Crippen LogP contribution >= 0.6 is 0 Å². The van der Waals surface area contributed by atoms with Gasteiger partial charge in [-0.1, -0.05) is 39.8 Å². The van der Waals surface area contributed by atoms with Crippen LogP contribution in [0.2, 0.25) is 0 Å². The van der Waals surface area contributed by atoms with Gasteiger partial charge < -0.3 is 39.3 Å². The van der Waals surface area contributed by atoms with Crippen molar-refractivity contribution in [1.29, 1.82) is 0 Å². The van der Waals surface area contributed by atoms with Gasteiger partial charge in [-0.3, -0.25) is 19.3 Å². The number of H-pyrrole nitrogens is 2. The first kappa shape index (κ1) is 41.9. The minimum absolute atomic E-state index is 0.0684. The van der Waals surface area contributed by atoms with E-state index in [1.54, 1.807) is 64.7 Å². The van der Waals surface area contributed by atoms with Crippen LogP contribution in [-0.4, -0.2) is 103 Å². The number of ether oxygens (including phenoxy) is 1. The lowest BCUT2D eigenvalue weighted by Gasteiger charge is -2.33. The number of carbonyl (C=O) groups excluding carboxylic acids is 3. The number of alkyl carbamates (subject to hydrolysis) is 1. The first-order valence-corrected chi connectivity index (χ1v) is 20.8. The molecule has 4 N–H and O–H groups in total. The van der Waals surface area contributed by atoms with E-state index in [-0.39, 0.29) is 63.1 Å². The number of methoxy groups -OCH3 is 1. The Morgan fingerprint density at radius 3 is 2.03 bits per heavy atom. The number of carbonyl (C=O) groups is 4. The van der Waals surface area contributed by atoms with Gasteiger partial charge in [0.15, 0.2) is 11.4 Å². The van der Waals surface area contributed by atoms with Crippen LogP contribution in [0.15, 0.2) is 64.1 Å². The van der Waals surface area contributed by atoms with E-state index >= 15 is 4.39 Å². The van der Waals surface area contributed by atoms with Gasteiger partial charge in [0.2, 0.25) is 17.2 Å². The van der Waals surface area contributed by atoms with Crippen molar-refractivity contribution in [1.82, 2.24) is 40.0 Å². The van der Waals surface area contributed by atoms with Gasteiger partial charge >= 0.3 is 12.2 Å². The molecule has 0 radical (unpaired) electrons. The molecule has 2 aliphatic rings. The number of hydrogen-bond acceptors (Lipinski definition) is 9. The minimum atomic E-state index is -1.18. The molecule has 3 aromatic heterocycles. The number of rotatable bonds is 10. The number of amides is 4. The molecule has 0 aliphatic carbocycles. The molecule has 3 aromatic carbocycles. The highest BCUT2D eigenvalue weighted by atomic mass is 19.1. The highest BCUT2D eigenvalue weighted by molar-refractivity contribution is 6.01. The summed E-state index contributed by atoms with van der Waals surface area (Å²) in [5, 5.41) is 13.3. The Morgan fingerprint density at radius 2 is 1.45 bits per heavy atom. The normalized spacial score (nSPS) is 17.7. The van der Waals surface area contributed by atoms with Gasteiger partial charge in [0.25, 0.3) is 0 Å². The van der Waals surface area contributed by atoms with Gasteiger partial charge in [0, 0.05) is 36.7 Å². The van der Waals surface area contributed by atoms with Crippen molar-refractivity contribution in [3.05, 3.63) is 82.5 Å². The van der Waals surface area contributed by atoms with Gasteiger partial charge in [-0.05, 0) is 73.2 Å². The third kappa shape index (κ3) is 7.49. The van der Waals surface area contributed by atoms with Crippen molar-refractivity contribution in [3.8, 4) is 22.5 Å². The maximum Gasteiger partial charge on any atom is 0.407 e. The monoisotopic (exact) mass is 848 g/mol. The average molecular weight is 849 g/mol. The number of nitrogens with one attached hydrogen (secondary N) is 3. The number of likely N-dealkylation sites (tertiary alicyclic amines) is 2. The summed E-state index contributed by atoms with van der Waals surface area (Å²) < 4.78 is 27.0. The second kappa shape index (κ2) is 16.6. The van der Waals surface area contributed by atoms with Gasteiger partial charge in [-0.25, -0.2) is 23.9 Å². The molecule has 5 heterocycles. The molecule has 6 aromatic rings. The number of halogens is 1. The molecule has 4 atom stereocenters. The Balaban J connectivity index is 1.07. The van der Waals surface area contributed by atoms with Crippen molar-refractivity contribution in [3.63, 3.8) is 0 Å². The highest BCUT2D eigenvalue weighted by Crippen LogP contribution is 2.37. The number of fused-ring (bicyclic) bond motifs is 3. The molecular weight excluding hydrogens is 800 g/mol. The van der Waals surface area contributed by atoms with E-state index in [2.05, 4.69) is 25.3 Å². The van der Waals surface area contributed by atoms with E-state index in [1.807, 2.05) is 27.7 Å². The number of carboxylic acid groups (broad SMARTS) is 1. The quantitative estimate of drug-likeness (QED) is 0.101. The van der Waals surface area contributed by atoms with E-state index in [0.717, 1.165) is 17.7 Å². The molecule has 4 amide bonds. The maximum atomic E-state index is 16.2. The number of hydrogen-bond donors (Lipinski definition) is 4. The van der Waals surface area contributed by atoms with Gasteiger partial charge in [-0.2, -0.15) is 0 Å². The van der Waals surface area contributed by atoms with E-state index < -0.39 is 35.5 Å². The zero-order valence-corrected chi connectivity index (χ0v) is 35.3. The molecule has 62 heavy (non-hydrogen) atoms. The summed E-state index contributed by atoms with van der Waals surface area (Å²) in [4.78, 5) is 85.7. The molecule has 0 spiro atoms. The van der Waals surface area contributed by atoms with Crippen LogP contribution < -0.4 is 10.7 Å². The van der Waals surface area contributed by atoms with Crippen LogP contribution in [-0.2, 0) is 14.3 Å². The summed E-state index contributed by atoms with van der Waals surface area (Å²) >= 11 is 0. The van der Waals surface area contributed by atoms with Crippen LogP contribution in [0.5, 0.6) is 0 Å². The second-order valence-electron chi connectivity index (χ2n) is 16.8. The van der Waals surface area contributed by atoms with Crippen LogP contribution in [0.4, 0.5) is 14.0 Å². The molecule has 2 unspecified atom stereocenters. The van der Waals surface area contributed by atoms with Gasteiger partial charge in [-0.15, -0.1) is 0 Å². The summed E-state index contributed by atoms with van der Waals surface area (Å²) in [6, 6.07) is 9.47. The van der Waals surface area contributed by atoms with Crippen LogP contribution in [0.25, 0.3) is 55.2 Å². The van der Waals surface area contributed by atoms with Gasteiger partial charge in [0.05, 0.1) is 53.7 Å². The Morgan fingerprint density at radius 1 is 0.855 bits per heavy atom. The Hall–Kier alpha value is -6.78. The van der Waals surface area contributed by atoms with E-state index in [0.29, 0.717) is 65.5 Å². The summed E-state index contributed by atoms with van der Waals surface area (Å²) in [7, 11) is 2.66. The third-order valence-corrected chi connectivity index (χ3v) is 12.2. The van der Waals surface area contributed by atoms with Crippen molar-refractivity contribution in [2.45, 2.75) is 77.5 Å². The number of benzene rings is 3. The molecule has 2 aliphatic heterocycles. The van der Waals surface area contributed by atoms with Crippen LogP contribution in [0, 0.1) is 17.7 Å². The fourth-order valence-corrected chi connectivity index (χ4v) is 9.00. The van der Waals surface area contributed by atoms with E-state index in [1.165, 1.54) is 14.2 Å². The van der Waals surface area contributed by atoms with Crippen LogP contribution in [0.1, 0.15) is 77.1 Å². The Labute approximate surface area is 355 Å². The molecule has 8 rings (SSSR count). The van der Waals surface area contributed by atoms with Gasteiger partial charge in [0.1, 0.15) is 29.3 Å². The molecule has 2 saturated heterocycles. The Kier molecular flexibility index (Phi) is 11.2. The molecule has 2 fully saturated rings. The number of aromatic amines is 2. The predicted octanol–water partition coefficient (Wildman–Crippen LogP) is 7.36. The predicted molar refractivity (Wildman–Crippen MR) is 229 cm³/mol. The number of aromatic nitrogens is 4.